The molecule has 1 N–H and O–H groups in total. The van der Waals surface area contributed by atoms with Crippen LogP contribution < -0.4 is 15.0 Å². The molecule has 0 saturated heterocycles. The smallest absolute Gasteiger partial charge is 0.144 e. The molecule has 3 nitrogen and oxygen atoms in total. The normalized spacial score (nSPS) is 19.9. The highest BCUT2D eigenvalue weighted by Gasteiger charge is 2.27. The Morgan fingerprint density at radius 2 is 2.12 bits per heavy atom. The Bertz CT molecular complexity index is 399. The zero-order valence-corrected chi connectivity index (χ0v) is 10.4. The maximum absolute atomic E-state index is 5.43. The Kier molecular flexibility index (Phi) is 2.83. The van der Waals surface area contributed by atoms with Crippen LogP contribution in [0, 0.1) is 0 Å². The van der Waals surface area contributed by atoms with E-state index in [4.69, 9.17) is 4.74 Å². The summed E-state index contributed by atoms with van der Waals surface area (Å²) in [6.07, 6.45) is 5.45. The lowest BCUT2D eigenvalue weighted by Crippen LogP contribution is -2.40. The summed E-state index contributed by atoms with van der Waals surface area (Å²) in [5, 5.41) is 3.47. The van der Waals surface area contributed by atoms with Crippen molar-refractivity contribution < 1.29 is 4.74 Å². The molecule has 1 aliphatic carbocycles. The quantitative estimate of drug-likeness (QED) is 0.848. The molecule has 0 unspecified atom stereocenters. The second kappa shape index (κ2) is 4.47. The summed E-state index contributed by atoms with van der Waals surface area (Å²) in [5.41, 5.74) is 2.50. The average Bonchev–Trinajstić information content (AvgIpc) is 2.91. The Morgan fingerprint density at radius 3 is 2.88 bits per heavy atom. The topological polar surface area (TPSA) is 24.5 Å². The van der Waals surface area contributed by atoms with E-state index in [0.29, 0.717) is 0 Å². The predicted molar refractivity (Wildman–Crippen MR) is 71.1 cm³/mol. The van der Waals surface area contributed by atoms with Gasteiger partial charge in [0.2, 0.25) is 0 Å². The monoisotopic (exact) mass is 232 g/mol. The van der Waals surface area contributed by atoms with Crippen molar-refractivity contribution in [3.8, 4) is 5.75 Å². The number of fused-ring (bicyclic) bond motifs is 1. The third kappa shape index (κ3) is 1.84. The van der Waals surface area contributed by atoms with Gasteiger partial charge in [-0.15, -0.1) is 0 Å². The standard InChI is InChI=1S/C14H20N2O/c1-17-13-8-4-7-12-14(13)15-9-10-16(12)11-5-2-3-6-11/h4,7-8,11,15H,2-3,5-6,9-10H2,1H3. The minimum absolute atomic E-state index is 0.739. The van der Waals surface area contributed by atoms with Crippen LogP contribution in [0.5, 0.6) is 5.75 Å². The van der Waals surface area contributed by atoms with Gasteiger partial charge in [-0.25, -0.2) is 0 Å². The Balaban J connectivity index is 1.95. The molecule has 1 aromatic rings. The van der Waals surface area contributed by atoms with Crippen molar-refractivity contribution in [1.82, 2.24) is 0 Å². The van der Waals surface area contributed by atoms with E-state index in [1.807, 2.05) is 6.07 Å². The summed E-state index contributed by atoms with van der Waals surface area (Å²) >= 11 is 0. The van der Waals surface area contributed by atoms with Gasteiger partial charge < -0.3 is 15.0 Å². The number of benzene rings is 1. The minimum Gasteiger partial charge on any atom is -0.495 e. The van der Waals surface area contributed by atoms with Gasteiger partial charge in [-0.05, 0) is 25.0 Å². The molecule has 0 bridgehead atoms. The van der Waals surface area contributed by atoms with Crippen LogP contribution in [0.2, 0.25) is 0 Å². The summed E-state index contributed by atoms with van der Waals surface area (Å²) in [4.78, 5) is 2.57. The summed E-state index contributed by atoms with van der Waals surface area (Å²) in [6.45, 7) is 2.13. The molecular formula is C14H20N2O. The number of nitrogens with zero attached hydrogens (tertiary/aromatic N) is 1. The minimum atomic E-state index is 0.739. The molecule has 1 aliphatic heterocycles. The van der Waals surface area contributed by atoms with Gasteiger partial charge in [-0.2, -0.15) is 0 Å². The molecule has 1 saturated carbocycles. The Labute approximate surface area is 103 Å². The van der Waals surface area contributed by atoms with Crippen molar-refractivity contribution in [2.75, 3.05) is 30.4 Å². The maximum Gasteiger partial charge on any atom is 0.144 e. The molecule has 0 atom stereocenters. The summed E-state index contributed by atoms with van der Waals surface area (Å²) < 4.78 is 5.43. The molecule has 92 valence electrons. The van der Waals surface area contributed by atoms with E-state index in [0.717, 1.165) is 24.9 Å². The first-order valence-corrected chi connectivity index (χ1v) is 6.57. The highest BCUT2D eigenvalue weighted by Crippen LogP contribution is 2.40. The molecule has 17 heavy (non-hydrogen) atoms. The van der Waals surface area contributed by atoms with Gasteiger partial charge in [-0.3, -0.25) is 0 Å². The number of ether oxygens (including phenoxy) is 1. The second-order valence-corrected chi connectivity index (χ2v) is 4.91. The summed E-state index contributed by atoms with van der Waals surface area (Å²) in [6, 6.07) is 7.07. The largest absolute Gasteiger partial charge is 0.495 e. The van der Waals surface area contributed by atoms with E-state index in [1.165, 1.54) is 37.1 Å². The number of rotatable bonds is 2. The zero-order chi connectivity index (χ0) is 11.7. The van der Waals surface area contributed by atoms with Crippen molar-refractivity contribution >= 4 is 11.4 Å². The third-order valence-corrected chi connectivity index (χ3v) is 3.95. The fourth-order valence-electron chi connectivity index (χ4n) is 3.12. The van der Waals surface area contributed by atoms with Crippen LogP contribution in [0.15, 0.2) is 18.2 Å². The third-order valence-electron chi connectivity index (χ3n) is 3.95. The molecule has 3 rings (SSSR count). The first-order valence-electron chi connectivity index (χ1n) is 6.57. The van der Waals surface area contributed by atoms with Crippen molar-refractivity contribution in [3.05, 3.63) is 18.2 Å². The van der Waals surface area contributed by atoms with Gasteiger partial charge in [0.1, 0.15) is 11.4 Å². The fourth-order valence-corrected chi connectivity index (χ4v) is 3.12. The van der Waals surface area contributed by atoms with Gasteiger partial charge in [0.25, 0.3) is 0 Å². The van der Waals surface area contributed by atoms with E-state index in [1.54, 1.807) is 7.11 Å². The number of nitrogens with one attached hydrogen (secondary N) is 1. The molecule has 0 aromatic heterocycles. The van der Waals surface area contributed by atoms with Crippen LogP contribution in [0.1, 0.15) is 25.7 Å². The number of para-hydroxylation sites is 1. The number of hydrogen-bond acceptors (Lipinski definition) is 3. The molecular weight excluding hydrogens is 212 g/mol. The van der Waals surface area contributed by atoms with Gasteiger partial charge in [-0.1, -0.05) is 18.9 Å². The van der Waals surface area contributed by atoms with Gasteiger partial charge in [0, 0.05) is 19.1 Å². The van der Waals surface area contributed by atoms with Crippen molar-refractivity contribution in [2.45, 2.75) is 31.7 Å². The van der Waals surface area contributed by atoms with E-state index < -0.39 is 0 Å². The van der Waals surface area contributed by atoms with Crippen LogP contribution in [0.3, 0.4) is 0 Å². The van der Waals surface area contributed by atoms with Crippen molar-refractivity contribution in [3.63, 3.8) is 0 Å². The van der Waals surface area contributed by atoms with Crippen LogP contribution in [-0.4, -0.2) is 26.2 Å². The average molecular weight is 232 g/mol. The van der Waals surface area contributed by atoms with Crippen molar-refractivity contribution in [2.24, 2.45) is 0 Å². The maximum atomic E-state index is 5.43. The van der Waals surface area contributed by atoms with Crippen LogP contribution >= 0.6 is 0 Å². The molecule has 1 fully saturated rings. The molecule has 0 radical (unpaired) electrons. The fraction of sp³-hybridized carbons (Fsp3) is 0.571. The lowest BCUT2D eigenvalue weighted by Gasteiger charge is -2.37. The first kappa shape index (κ1) is 10.8. The van der Waals surface area contributed by atoms with E-state index in [9.17, 15) is 0 Å². The van der Waals surface area contributed by atoms with E-state index >= 15 is 0 Å². The first-order chi connectivity index (χ1) is 8.40. The lowest BCUT2D eigenvalue weighted by molar-refractivity contribution is 0.415. The molecule has 3 heteroatoms. The number of hydrogen-bond donors (Lipinski definition) is 1. The molecule has 1 aromatic carbocycles. The SMILES string of the molecule is COc1cccc2c1NCCN2C1CCCC1. The molecule has 0 amide bonds. The number of methoxy groups -OCH3 is 1. The highest BCUT2D eigenvalue weighted by atomic mass is 16.5. The van der Waals surface area contributed by atoms with Gasteiger partial charge in [0.05, 0.1) is 12.8 Å². The van der Waals surface area contributed by atoms with Crippen LogP contribution in [-0.2, 0) is 0 Å². The van der Waals surface area contributed by atoms with E-state index in [2.05, 4.69) is 22.3 Å². The Morgan fingerprint density at radius 1 is 1.29 bits per heavy atom. The second-order valence-electron chi connectivity index (χ2n) is 4.91. The van der Waals surface area contributed by atoms with Gasteiger partial charge in [0.15, 0.2) is 0 Å². The Hall–Kier alpha value is -1.38. The summed E-state index contributed by atoms with van der Waals surface area (Å²) in [5.74, 6) is 0.963. The summed E-state index contributed by atoms with van der Waals surface area (Å²) in [7, 11) is 1.74. The molecule has 0 spiro atoms. The lowest BCUT2D eigenvalue weighted by atomic mass is 10.1. The molecule has 2 aliphatic rings. The predicted octanol–water partition coefficient (Wildman–Crippen LogP) is 2.87. The van der Waals surface area contributed by atoms with E-state index in [-0.39, 0.29) is 0 Å². The van der Waals surface area contributed by atoms with Crippen LogP contribution in [0.4, 0.5) is 11.4 Å². The van der Waals surface area contributed by atoms with Gasteiger partial charge >= 0.3 is 0 Å². The van der Waals surface area contributed by atoms with Crippen LogP contribution in [0.25, 0.3) is 0 Å². The van der Waals surface area contributed by atoms with Crippen molar-refractivity contribution in [1.29, 1.82) is 0 Å². The number of anilines is 2. The highest BCUT2D eigenvalue weighted by molar-refractivity contribution is 5.78. The molecule has 1 heterocycles. The zero-order valence-electron chi connectivity index (χ0n) is 10.4.